The molecule has 26 aromatic rings. The molecule has 0 aliphatic heterocycles. The van der Waals surface area contributed by atoms with Gasteiger partial charge in [0, 0.05) is 101 Å². The third-order valence-corrected chi connectivity index (χ3v) is 25.0. The number of benzene rings is 20. The lowest BCUT2D eigenvalue weighted by Gasteiger charge is -2.12. The van der Waals surface area contributed by atoms with E-state index in [1.165, 1.54) is 208 Å². The first-order valence-corrected chi connectivity index (χ1v) is 41.3. The maximum atomic E-state index is 2.44. The molecule has 6 heteroatoms. The lowest BCUT2D eigenvalue weighted by Crippen LogP contribution is -1.95. The standard InChI is InChI=1S/2C40H26N2.C34H22N2/c1-2-11-31(12-3-1)41-24-23-37-38(41)22-21-36-35-15-6-7-16-39(35)42(40(36)37)32-13-8-10-28(26-32)29-19-20-34-30(25-29)18-17-27-9-4-5-14-33(27)34;1-2-9-31(10-3-1)41-25-24-37-38(41)23-22-36-35-12-6-7-13-39(35)42(40(36)37)32-19-16-27(17-20-32)29-18-21-34-30(26-29)15-14-28-8-4-5-11-33(28)34;1-2-9-25(10-3-1)35-21-20-31-32(35)19-18-30-29-12-6-7-13-33(29)36(34(30)31)26-16-17-28-24(22-26)15-14-23-8-4-5-11-27(23)28/h2*1-26H;1-22H. The van der Waals surface area contributed by atoms with Gasteiger partial charge in [0.2, 0.25) is 0 Å². The highest BCUT2D eigenvalue weighted by Crippen LogP contribution is 2.44. The summed E-state index contributed by atoms with van der Waals surface area (Å²) in [6.07, 6.45) is 6.57. The topological polar surface area (TPSA) is 29.6 Å². The van der Waals surface area contributed by atoms with Gasteiger partial charge in [-0.1, -0.05) is 291 Å². The Balaban J connectivity index is 0.000000103. The third kappa shape index (κ3) is 11.1. The summed E-state index contributed by atoms with van der Waals surface area (Å²) in [6, 6.07) is 156. The van der Waals surface area contributed by atoms with Crippen LogP contribution >= 0.6 is 0 Å². The predicted octanol–water partition coefficient (Wildman–Crippen LogP) is 30.4. The van der Waals surface area contributed by atoms with Gasteiger partial charge in [0.05, 0.1) is 49.7 Å². The van der Waals surface area contributed by atoms with E-state index in [0.717, 1.165) is 11.4 Å². The fourth-order valence-electron chi connectivity index (χ4n) is 19.4. The van der Waals surface area contributed by atoms with E-state index in [2.05, 4.69) is 477 Å². The lowest BCUT2D eigenvalue weighted by atomic mass is 9.97. The molecule has 0 fully saturated rings. The van der Waals surface area contributed by atoms with Gasteiger partial charge in [0.15, 0.2) is 0 Å². The molecule has 0 bridgehead atoms. The van der Waals surface area contributed by atoms with E-state index in [1.807, 2.05) is 0 Å². The fraction of sp³-hybridized carbons (Fsp3) is 0. The minimum atomic E-state index is 1.16. The van der Waals surface area contributed by atoms with Gasteiger partial charge in [-0.3, -0.25) is 0 Å². The summed E-state index contributed by atoms with van der Waals surface area (Å²) in [7, 11) is 0. The summed E-state index contributed by atoms with van der Waals surface area (Å²) >= 11 is 0. The third-order valence-electron chi connectivity index (χ3n) is 25.0. The highest BCUT2D eigenvalue weighted by atomic mass is 15.0. The van der Waals surface area contributed by atoms with E-state index in [0.29, 0.717) is 0 Å². The molecule has 0 aliphatic carbocycles. The van der Waals surface area contributed by atoms with Crippen LogP contribution in [0.4, 0.5) is 0 Å². The van der Waals surface area contributed by atoms with Crippen LogP contribution in [-0.2, 0) is 0 Å². The van der Waals surface area contributed by atoms with Crippen molar-refractivity contribution in [3.8, 4) is 56.4 Å². The molecule has 6 aromatic heterocycles. The fourth-order valence-corrected chi connectivity index (χ4v) is 19.4. The zero-order valence-corrected chi connectivity index (χ0v) is 65.4. The van der Waals surface area contributed by atoms with Gasteiger partial charge in [0.1, 0.15) is 0 Å². The molecule has 0 N–H and O–H groups in total. The van der Waals surface area contributed by atoms with Gasteiger partial charge in [0.25, 0.3) is 0 Å². The van der Waals surface area contributed by atoms with Crippen LogP contribution in [0.15, 0.2) is 449 Å². The number of para-hydroxylation sites is 6. The first kappa shape index (κ1) is 68.4. The Bertz CT molecular complexity index is 8590. The first-order valence-electron chi connectivity index (χ1n) is 41.3. The van der Waals surface area contributed by atoms with E-state index < -0.39 is 0 Å². The van der Waals surface area contributed by atoms with Crippen molar-refractivity contribution in [1.82, 2.24) is 27.4 Å². The average molecular weight is 1530 g/mol. The summed E-state index contributed by atoms with van der Waals surface area (Å²) in [5.74, 6) is 0. The van der Waals surface area contributed by atoms with Gasteiger partial charge >= 0.3 is 0 Å². The molecule has 0 saturated heterocycles. The number of fused-ring (bicyclic) bond motifs is 24. The second kappa shape index (κ2) is 27.9. The minimum Gasteiger partial charge on any atom is -0.316 e. The van der Waals surface area contributed by atoms with Crippen LogP contribution < -0.4 is 0 Å². The number of aromatic nitrogens is 6. The van der Waals surface area contributed by atoms with Crippen molar-refractivity contribution in [2.75, 3.05) is 0 Å². The molecule has 20 aromatic carbocycles. The van der Waals surface area contributed by atoms with Gasteiger partial charge in [-0.2, -0.15) is 0 Å². The molecule has 560 valence electrons. The lowest BCUT2D eigenvalue weighted by molar-refractivity contribution is 1.13. The van der Waals surface area contributed by atoms with E-state index in [1.54, 1.807) is 0 Å². The SMILES string of the molecule is c1ccc(-n2ccc3c2ccc2c4ccccc4n(-c4ccc(-c5ccc6c(ccc7ccccc76)c5)cc4)c23)cc1.c1ccc(-n2ccc3c2ccc2c4ccccc4n(-c4ccc5c(ccc6ccccc65)c4)c23)cc1.c1ccc(-n2ccc3c2ccc2c4ccccc4n(-c4cccc(-c5ccc6c(ccc7ccccc76)c5)c4)c23)cc1. The molecule has 0 unspecified atom stereocenters. The minimum absolute atomic E-state index is 1.16. The molecule has 0 aliphatic rings. The summed E-state index contributed by atoms with van der Waals surface area (Å²) in [4.78, 5) is 0. The molecular weight excluding hydrogens is 1450 g/mol. The van der Waals surface area contributed by atoms with Gasteiger partial charge in [-0.15, -0.1) is 0 Å². The van der Waals surface area contributed by atoms with Crippen molar-refractivity contribution in [2.45, 2.75) is 0 Å². The van der Waals surface area contributed by atoms with Crippen molar-refractivity contribution >= 4 is 163 Å². The van der Waals surface area contributed by atoms with E-state index in [4.69, 9.17) is 0 Å². The van der Waals surface area contributed by atoms with Crippen molar-refractivity contribution in [2.24, 2.45) is 0 Å². The molecule has 6 heterocycles. The Morgan fingerprint density at radius 2 is 0.408 bits per heavy atom. The normalized spacial score (nSPS) is 11.8. The van der Waals surface area contributed by atoms with Gasteiger partial charge < -0.3 is 27.4 Å². The summed E-state index contributed by atoms with van der Waals surface area (Å²) in [6.45, 7) is 0. The Morgan fingerprint density at radius 1 is 0.125 bits per heavy atom. The number of hydrogen-bond donors (Lipinski definition) is 0. The van der Waals surface area contributed by atoms with Gasteiger partial charge in [-0.25, -0.2) is 0 Å². The maximum Gasteiger partial charge on any atom is 0.0635 e. The number of hydrogen-bond acceptors (Lipinski definition) is 0. The van der Waals surface area contributed by atoms with E-state index in [9.17, 15) is 0 Å². The van der Waals surface area contributed by atoms with Crippen molar-refractivity contribution < 1.29 is 0 Å². The Kier molecular flexibility index (Phi) is 15.9. The molecule has 0 spiro atoms. The van der Waals surface area contributed by atoms with Crippen LogP contribution in [0.25, 0.3) is 219 Å². The molecule has 6 nitrogen and oxygen atoms in total. The Labute approximate surface area is 691 Å². The largest absolute Gasteiger partial charge is 0.316 e. The summed E-state index contributed by atoms with van der Waals surface area (Å²) in [5.41, 5.74) is 22.9. The quantitative estimate of drug-likeness (QED) is 0.136. The first-order chi connectivity index (χ1) is 59.5. The van der Waals surface area contributed by atoms with Crippen molar-refractivity contribution in [1.29, 1.82) is 0 Å². The average Bonchev–Trinajstić information content (AvgIpc) is 1.57. The zero-order valence-electron chi connectivity index (χ0n) is 65.4. The molecule has 0 amide bonds. The monoisotopic (exact) mass is 1530 g/mol. The van der Waals surface area contributed by atoms with Crippen LogP contribution in [-0.4, -0.2) is 27.4 Å². The van der Waals surface area contributed by atoms with Crippen molar-refractivity contribution in [3.63, 3.8) is 0 Å². The van der Waals surface area contributed by atoms with Crippen LogP contribution in [0.5, 0.6) is 0 Å². The van der Waals surface area contributed by atoms with Crippen LogP contribution in [0.1, 0.15) is 0 Å². The molecule has 120 heavy (non-hydrogen) atoms. The molecule has 0 atom stereocenters. The van der Waals surface area contributed by atoms with Gasteiger partial charge in [-0.05, 0) is 226 Å². The van der Waals surface area contributed by atoms with Crippen LogP contribution in [0.2, 0.25) is 0 Å². The van der Waals surface area contributed by atoms with Crippen LogP contribution in [0.3, 0.4) is 0 Å². The smallest absolute Gasteiger partial charge is 0.0635 e. The molecular formula is C114H74N6. The van der Waals surface area contributed by atoms with Crippen molar-refractivity contribution in [3.05, 3.63) is 449 Å². The summed E-state index contributed by atoms with van der Waals surface area (Å²) < 4.78 is 14.2. The maximum absolute atomic E-state index is 2.44. The second-order valence-electron chi connectivity index (χ2n) is 31.5. The predicted molar refractivity (Wildman–Crippen MR) is 509 cm³/mol. The molecule has 26 rings (SSSR count). The van der Waals surface area contributed by atoms with E-state index in [-0.39, 0.29) is 0 Å². The molecule has 0 saturated carbocycles. The second-order valence-corrected chi connectivity index (χ2v) is 31.5. The van der Waals surface area contributed by atoms with E-state index >= 15 is 0 Å². The number of nitrogens with zero attached hydrogens (tertiary/aromatic N) is 6. The Morgan fingerprint density at radius 3 is 0.825 bits per heavy atom. The van der Waals surface area contributed by atoms with Crippen LogP contribution in [0, 0.1) is 0 Å². The highest BCUT2D eigenvalue weighted by Gasteiger charge is 2.22. The molecule has 0 radical (unpaired) electrons. The zero-order chi connectivity index (χ0) is 78.9. The summed E-state index contributed by atoms with van der Waals surface area (Å²) in [5, 5.41) is 26.8. The highest BCUT2D eigenvalue weighted by molar-refractivity contribution is 6.22. The Hall–Kier alpha value is -16.0. The number of rotatable bonds is 8.